The lowest BCUT2D eigenvalue weighted by Gasteiger charge is -2.28. The number of ether oxygens (including phenoxy) is 1. The zero-order valence-electron chi connectivity index (χ0n) is 9.83. The number of fused-ring (bicyclic) bond motifs is 1. The van der Waals surface area contributed by atoms with Gasteiger partial charge < -0.3 is 10.1 Å². The molecule has 2 nitrogen and oxygen atoms in total. The maximum absolute atomic E-state index is 5.72. The Balaban J connectivity index is 1.97. The Hall–Kier alpha value is -1.02. The second kappa shape index (κ2) is 4.10. The van der Waals surface area contributed by atoms with Crippen molar-refractivity contribution in [3.63, 3.8) is 0 Å². The van der Waals surface area contributed by atoms with E-state index in [1.807, 2.05) is 0 Å². The number of benzene rings is 1. The van der Waals surface area contributed by atoms with Crippen molar-refractivity contribution in [3.05, 3.63) is 29.3 Å². The molecule has 1 N–H and O–H groups in total. The molecule has 0 bridgehead atoms. The number of nitrogens with one attached hydrogen (secondary N) is 1. The minimum atomic E-state index is 0.587. The van der Waals surface area contributed by atoms with Crippen LogP contribution < -0.4 is 10.1 Å². The van der Waals surface area contributed by atoms with Crippen molar-refractivity contribution in [2.75, 3.05) is 13.2 Å². The monoisotopic (exact) mass is 217 g/mol. The van der Waals surface area contributed by atoms with Crippen molar-refractivity contribution in [1.29, 1.82) is 0 Å². The van der Waals surface area contributed by atoms with E-state index in [9.17, 15) is 0 Å². The summed E-state index contributed by atoms with van der Waals surface area (Å²) in [5.41, 5.74) is 2.93. The maximum atomic E-state index is 5.72. The summed E-state index contributed by atoms with van der Waals surface area (Å²) in [4.78, 5) is 0. The van der Waals surface area contributed by atoms with Gasteiger partial charge in [-0.3, -0.25) is 0 Å². The van der Waals surface area contributed by atoms with Crippen LogP contribution in [0.25, 0.3) is 0 Å². The molecule has 1 atom stereocenters. The molecule has 1 aromatic carbocycles. The van der Waals surface area contributed by atoms with Crippen molar-refractivity contribution in [3.8, 4) is 5.75 Å². The SMILES string of the molecule is CCOc1cccc2c1CCNC2C1CC1. The molecule has 1 aromatic rings. The van der Waals surface area contributed by atoms with Crippen LogP contribution in [0.2, 0.25) is 0 Å². The molecule has 1 aliphatic carbocycles. The second-order valence-electron chi connectivity index (χ2n) is 4.78. The van der Waals surface area contributed by atoms with Gasteiger partial charge in [-0.1, -0.05) is 12.1 Å². The van der Waals surface area contributed by atoms with E-state index in [1.54, 1.807) is 0 Å². The van der Waals surface area contributed by atoms with Crippen LogP contribution in [0.5, 0.6) is 5.75 Å². The Kier molecular flexibility index (Phi) is 2.60. The lowest BCUT2D eigenvalue weighted by atomic mass is 9.91. The van der Waals surface area contributed by atoms with Crippen LogP contribution in [-0.2, 0) is 6.42 Å². The Morgan fingerprint density at radius 2 is 2.25 bits per heavy atom. The van der Waals surface area contributed by atoms with Gasteiger partial charge in [-0.05, 0) is 50.3 Å². The molecule has 1 fully saturated rings. The van der Waals surface area contributed by atoms with Crippen LogP contribution in [0.15, 0.2) is 18.2 Å². The third kappa shape index (κ3) is 1.71. The molecule has 0 radical (unpaired) electrons. The molecule has 3 rings (SSSR count). The highest BCUT2D eigenvalue weighted by Crippen LogP contribution is 2.44. The number of hydrogen-bond donors (Lipinski definition) is 1. The molecule has 86 valence electrons. The summed E-state index contributed by atoms with van der Waals surface area (Å²) in [7, 11) is 0. The Labute approximate surface area is 97.0 Å². The number of hydrogen-bond acceptors (Lipinski definition) is 2. The minimum Gasteiger partial charge on any atom is -0.494 e. The van der Waals surface area contributed by atoms with Gasteiger partial charge in [0.1, 0.15) is 5.75 Å². The first kappa shape index (κ1) is 10.2. The summed E-state index contributed by atoms with van der Waals surface area (Å²) in [5, 5.41) is 3.65. The van der Waals surface area contributed by atoms with Crippen LogP contribution >= 0.6 is 0 Å². The molecule has 1 aliphatic heterocycles. The third-order valence-corrected chi connectivity index (χ3v) is 3.64. The summed E-state index contributed by atoms with van der Waals surface area (Å²) in [5.74, 6) is 1.98. The molecule has 0 aromatic heterocycles. The fraction of sp³-hybridized carbons (Fsp3) is 0.571. The van der Waals surface area contributed by atoms with Gasteiger partial charge in [0.05, 0.1) is 6.61 Å². The van der Waals surface area contributed by atoms with Gasteiger partial charge >= 0.3 is 0 Å². The van der Waals surface area contributed by atoms with Crippen molar-refractivity contribution in [2.24, 2.45) is 5.92 Å². The highest BCUT2D eigenvalue weighted by atomic mass is 16.5. The lowest BCUT2D eigenvalue weighted by molar-refractivity contribution is 0.331. The van der Waals surface area contributed by atoms with E-state index >= 15 is 0 Å². The summed E-state index contributed by atoms with van der Waals surface area (Å²) in [6.07, 6.45) is 3.88. The van der Waals surface area contributed by atoms with E-state index < -0.39 is 0 Å². The molecular weight excluding hydrogens is 198 g/mol. The summed E-state index contributed by atoms with van der Waals surface area (Å²) >= 11 is 0. The van der Waals surface area contributed by atoms with Crippen LogP contribution in [0.1, 0.15) is 36.9 Å². The van der Waals surface area contributed by atoms with Gasteiger partial charge in [-0.25, -0.2) is 0 Å². The molecule has 2 heteroatoms. The first-order chi connectivity index (χ1) is 7.90. The summed E-state index contributed by atoms with van der Waals surface area (Å²) < 4.78 is 5.72. The fourth-order valence-electron chi connectivity index (χ4n) is 2.75. The fourth-order valence-corrected chi connectivity index (χ4v) is 2.75. The second-order valence-corrected chi connectivity index (χ2v) is 4.78. The van der Waals surface area contributed by atoms with Gasteiger partial charge in [0, 0.05) is 11.6 Å². The molecule has 1 heterocycles. The van der Waals surface area contributed by atoms with Gasteiger partial charge in [0.2, 0.25) is 0 Å². The smallest absolute Gasteiger partial charge is 0.122 e. The lowest BCUT2D eigenvalue weighted by Crippen LogP contribution is -2.31. The van der Waals surface area contributed by atoms with E-state index in [0.29, 0.717) is 6.04 Å². The van der Waals surface area contributed by atoms with Gasteiger partial charge in [0.25, 0.3) is 0 Å². The molecule has 16 heavy (non-hydrogen) atoms. The molecule has 0 saturated heterocycles. The highest BCUT2D eigenvalue weighted by molar-refractivity contribution is 5.44. The molecule has 0 spiro atoms. The van der Waals surface area contributed by atoms with Crippen LogP contribution in [0, 0.1) is 5.92 Å². The normalized spacial score (nSPS) is 23.9. The first-order valence-corrected chi connectivity index (χ1v) is 6.38. The Morgan fingerprint density at radius 3 is 3.00 bits per heavy atom. The molecule has 1 unspecified atom stereocenters. The van der Waals surface area contributed by atoms with Crippen molar-refractivity contribution in [2.45, 2.75) is 32.2 Å². The standard InChI is InChI=1S/C14H19NO/c1-2-16-13-5-3-4-12-11(13)8-9-15-14(12)10-6-7-10/h3-5,10,14-15H,2,6-9H2,1H3. The Morgan fingerprint density at radius 1 is 1.38 bits per heavy atom. The van der Waals surface area contributed by atoms with Crippen LogP contribution in [-0.4, -0.2) is 13.2 Å². The van der Waals surface area contributed by atoms with E-state index in [2.05, 4.69) is 30.4 Å². The topological polar surface area (TPSA) is 21.3 Å². The van der Waals surface area contributed by atoms with E-state index in [4.69, 9.17) is 4.74 Å². The summed E-state index contributed by atoms with van der Waals surface area (Å²) in [6, 6.07) is 7.10. The number of rotatable bonds is 3. The molecule has 0 amide bonds. The highest BCUT2D eigenvalue weighted by Gasteiger charge is 2.35. The first-order valence-electron chi connectivity index (χ1n) is 6.38. The zero-order chi connectivity index (χ0) is 11.0. The van der Waals surface area contributed by atoms with E-state index in [1.165, 1.54) is 24.0 Å². The molecule has 2 aliphatic rings. The quantitative estimate of drug-likeness (QED) is 0.840. The predicted molar refractivity (Wildman–Crippen MR) is 64.8 cm³/mol. The largest absolute Gasteiger partial charge is 0.494 e. The van der Waals surface area contributed by atoms with E-state index in [0.717, 1.165) is 31.2 Å². The van der Waals surface area contributed by atoms with Crippen molar-refractivity contribution < 1.29 is 4.74 Å². The predicted octanol–water partition coefficient (Wildman–Crippen LogP) is 2.68. The average Bonchev–Trinajstić information content (AvgIpc) is 3.13. The summed E-state index contributed by atoms with van der Waals surface area (Å²) in [6.45, 7) is 3.91. The van der Waals surface area contributed by atoms with Crippen LogP contribution in [0.3, 0.4) is 0 Å². The zero-order valence-corrected chi connectivity index (χ0v) is 9.83. The third-order valence-electron chi connectivity index (χ3n) is 3.64. The van der Waals surface area contributed by atoms with Crippen molar-refractivity contribution in [1.82, 2.24) is 5.32 Å². The average molecular weight is 217 g/mol. The van der Waals surface area contributed by atoms with Gasteiger partial charge in [-0.15, -0.1) is 0 Å². The molecule has 1 saturated carbocycles. The molecular formula is C14H19NO. The van der Waals surface area contributed by atoms with Gasteiger partial charge in [0.15, 0.2) is 0 Å². The maximum Gasteiger partial charge on any atom is 0.122 e. The van der Waals surface area contributed by atoms with Crippen LogP contribution in [0.4, 0.5) is 0 Å². The minimum absolute atomic E-state index is 0.587. The van der Waals surface area contributed by atoms with Gasteiger partial charge in [-0.2, -0.15) is 0 Å². The Bertz CT molecular complexity index is 384. The van der Waals surface area contributed by atoms with Crippen molar-refractivity contribution >= 4 is 0 Å². The van der Waals surface area contributed by atoms with E-state index in [-0.39, 0.29) is 0 Å².